The molecule has 0 unspecified atom stereocenters. The minimum atomic E-state index is -1.23. The van der Waals surface area contributed by atoms with Gasteiger partial charge >= 0.3 is 11.7 Å². The zero-order valence-corrected chi connectivity index (χ0v) is 17.2. The van der Waals surface area contributed by atoms with Crippen molar-refractivity contribution in [3.8, 4) is 0 Å². The molecule has 1 aliphatic carbocycles. The van der Waals surface area contributed by atoms with Gasteiger partial charge in [0.05, 0.1) is 6.04 Å². The monoisotopic (exact) mass is 380 g/mol. The first-order valence-electron chi connectivity index (χ1n) is 8.84. The van der Waals surface area contributed by atoms with E-state index in [0.29, 0.717) is 18.6 Å². The van der Waals surface area contributed by atoms with Gasteiger partial charge < -0.3 is 9.47 Å². The number of aryl methyl sites for hydroxylation is 1. The minimum absolute atomic E-state index is 0.0480. The summed E-state index contributed by atoms with van der Waals surface area (Å²) < 4.78 is 13.4. The van der Waals surface area contributed by atoms with Gasteiger partial charge in [-0.2, -0.15) is 0 Å². The molecule has 0 saturated carbocycles. The average Bonchev–Trinajstić information content (AvgIpc) is 2.96. The summed E-state index contributed by atoms with van der Waals surface area (Å²) in [4.78, 5) is 36.2. The molecule has 2 atom stereocenters. The topological polar surface area (TPSA) is 79.5 Å². The second-order valence-electron chi connectivity index (χ2n) is 7.92. The third kappa shape index (κ3) is 5.28. The lowest BCUT2D eigenvalue weighted by Gasteiger charge is -2.18. The molecule has 8 heteroatoms. The van der Waals surface area contributed by atoms with Crippen LogP contribution in [0.2, 0.25) is 25.7 Å². The Hall–Kier alpha value is -1.93. The molecule has 7 nitrogen and oxygen atoms in total. The molecule has 0 fully saturated rings. The molecule has 2 rings (SSSR count). The standard InChI is InChI=1S/C18H28N2O5Si/c1-13-11-19(15-6-7-16(10-15)25-14(2)21)18(23)20(17(13)22)12-24-8-9-26(3,4)5/h6-7,11,15-16H,8-10,12H2,1-5H3/t15-,16+/m0/s1. The van der Waals surface area contributed by atoms with Crippen molar-refractivity contribution in [1.29, 1.82) is 0 Å². The minimum Gasteiger partial charge on any atom is -0.458 e. The lowest BCUT2D eigenvalue weighted by molar-refractivity contribution is -0.144. The summed E-state index contributed by atoms with van der Waals surface area (Å²) in [7, 11) is -1.23. The summed E-state index contributed by atoms with van der Waals surface area (Å²) in [6.07, 6.45) is 5.29. The fourth-order valence-electron chi connectivity index (χ4n) is 2.80. The van der Waals surface area contributed by atoms with Crippen LogP contribution in [0.4, 0.5) is 0 Å². The van der Waals surface area contributed by atoms with Gasteiger partial charge in [-0.1, -0.05) is 25.7 Å². The van der Waals surface area contributed by atoms with Crippen molar-refractivity contribution in [3.63, 3.8) is 0 Å². The van der Waals surface area contributed by atoms with Gasteiger partial charge in [-0.3, -0.25) is 14.2 Å². The number of aromatic nitrogens is 2. The molecule has 0 saturated heterocycles. The van der Waals surface area contributed by atoms with Crippen LogP contribution in [0.15, 0.2) is 27.9 Å². The van der Waals surface area contributed by atoms with Crippen LogP contribution >= 0.6 is 0 Å². The lowest BCUT2D eigenvalue weighted by atomic mass is 10.2. The van der Waals surface area contributed by atoms with Crippen LogP contribution in [0.5, 0.6) is 0 Å². The van der Waals surface area contributed by atoms with E-state index >= 15 is 0 Å². The number of esters is 1. The summed E-state index contributed by atoms with van der Waals surface area (Å²) in [6, 6.07) is 0.719. The zero-order chi connectivity index (χ0) is 19.5. The highest BCUT2D eigenvalue weighted by Crippen LogP contribution is 2.24. The van der Waals surface area contributed by atoms with E-state index in [0.717, 1.165) is 10.6 Å². The van der Waals surface area contributed by atoms with Gasteiger partial charge in [0, 0.05) is 39.8 Å². The number of hydrogen-bond donors (Lipinski definition) is 0. The Labute approximate surface area is 154 Å². The van der Waals surface area contributed by atoms with Gasteiger partial charge in [-0.15, -0.1) is 0 Å². The average molecular weight is 381 g/mol. The Balaban J connectivity index is 2.16. The first-order valence-corrected chi connectivity index (χ1v) is 12.5. The zero-order valence-electron chi connectivity index (χ0n) is 16.2. The van der Waals surface area contributed by atoms with E-state index in [4.69, 9.17) is 9.47 Å². The second-order valence-corrected chi connectivity index (χ2v) is 13.5. The van der Waals surface area contributed by atoms with E-state index in [9.17, 15) is 14.4 Å². The highest BCUT2D eigenvalue weighted by atomic mass is 28.3. The highest BCUT2D eigenvalue weighted by molar-refractivity contribution is 6.76. The van der Waals surface area contributed by atoms with Gasteiger partial charge in [-0.25, -0.2) is 9.36 Å². The summed E-state index contributed by atoms with van der Waals surface area (Å²) in [6.45, 7) is 10.3. The molecule has 1 aromatic heterocycles. The summed E-state index contributed by atoms with van der Waals surface area (Å²) >= 11 is 0. The van der Waals surface area contributed by atoms with Crippen molar-refractivity contribution in [2.24, 2.45) is 0 Å². The number of hydrogen-bond acceptors (Lipinski definition) is 5. The number of carbonyl (C=O) groups excluding carboxylic acids is 1. The van der Waals surface area contributed by atoms with Crippen LogP contribution in [0.1, 0.15) is 24.9 Å². The van der Waals surface area contributed by atoms with Gasteiger partial charge in [0.1, 0.15) is 12.8 Å². The Morgan fingerprint density at radius 1 is 1.27 bits per heavy atom. The normalized spacial score (nSPS) is 19.7. The maximum absolute atomic E-state index is 12.8. The third-order valence-corrected chi connectivity index (χ3v) is 5.98. The molecule has 0 spiro atoms. The van der Waals surface area contributed by atoms with Crippen LogP contribution < -0.4 is 11.2 Å². The Bertz CT molecular complexity index is 803. The van der Waals surface area contributed by atoms with Gasteiger partial charge in [0.25, 0.3) is 5.56 Å². The quantitative estimate of drug-likeness (QED) is 0.313. The van der Waals surface area contributed by atoms with Crippen molar-refractivity contribution in [1.82, 2.24) is 9.13 Å². The molecule has 1 aliphatic rings. The van der Waals surface area contributed by atoms with Crippen LogP contribution in [0.3, 0.4) is 0 Å². The predicted molar refractivity (Wildman–Crippen MR) is 102 cm³/mol. The molecule has 0 aromatic carbocycles. The molecule has 26 heavy (non-hydrogen) atoms. The molecule has 144 valence electrons. The first kappa shape index (κ1) is 20.4. The SMILES string of the molecule is CC(=O)O[C@@H]1C=C[C@H](n2cc(C)c(=O)n(COCC[Si](C)(C)C)c2=O)C1. The van der Waals surface area contributed by atoms with Crippen LogP contribution in [0, 0.1) is 6.92 Å². The van der Waals surface area contributed by atoms with E-state index < -0.39 is 13.8 Å². The Morgan fingerprint density at radius 3 is 2.58 bits per heavy atom. The van der Waals surface area contributed by atoms with Gasteiger partial charge in [-0.05, 0) is 19.0 Å². The molecule has 0 N–H and O–H groups in total. The van der Waals surface area contributed by atoms with Gasteiger partial charge in [0.15, 0.2) is 0 Å². The number of carbonyl (C=O) groups is 1. The van der Waals surface area contributed by atoms with Crippen LogP contribution in [-0.2, 0) is 21.0 Å². The summed E-state index contributed by atoms with van der Waals surface area (Å²) in [5, 5.41) is 0. The molecule has 0 bridgehead atoms. The summed E-state index contributed by atoms with van der Waals surface area (Å²) in [5.41, 5.74) is -0.271. The van der Waals surface area contributed by atoms with Crippen molar-refractivity contribution in [3.05, 3.63) is 44.8 Å². The van der Waals surface area contributed by atoms with E-state index in [-0.39, 0.29) is 30.4 Å². The third-order valence-electron chi connectivity index (χ3n) is 4.28. The number of ether oxygens (including phenoxy) is 2. The van der Waals surface area contributed by atoms with Crippen LogP contribution in [-0.4, -0.2) is 35.9 Å². The maximum Gasteiger partial charge on any atom is 0.333 e. The van der Waals surface area contributed by atoms with E-state index in [1.165, 1.54) is 11.5 Å². The fraction of sp³-hybridized carbons (Fsp3) is 0.611. The van der Waals surface area contributed by atoms with Crippen molar-refractivity contribution in [2.45, 2.75) is 64.8 Å². The fourth-order valence-corrected chi connectivity index (χ4v) is 3.55. The first-order chi connectivity index (χ1) is 12.1. The van der Waals surface area contributed by atoms with E-state index in [2.05, 4.69) is 19.6 Å². The van der Waals surface area contributed by atoms with Crippen molar-refractivity contribution < 1.29 is 14.3 Å². The highest BCUT2D eigenvalue weighted by Gasteiger charge is 2.24. The molecule has 0 radical (unpaired) electrons. The summed E-state index contributed by atoms with van der Waals surface area (Å²) in [5.74, 6) is -0.357. The number of nitrogens with zero attached hydrogens (tertiary/aromatic N) is 2. The Morgan fingerprint density at radius 2 is 1.96 bits per heavy atom. The van der Waals surface area contributed by atoms with E-state index in [1.54, 1.807) is 19.2 Å². The lowest BCUT2D eigenvalue weighted by Crippen LogP contribution is -2.42. The predicted octanol–water partition coefficient (Wildman–Crippen LogP) is 2.06. The Kier molecular flexibility index (Phi) is 6.41. The number of allylic oxidation sites excluding steroid dienone is 1. The molecular weight excluding hydrogens is 352 g/mol. The molecule has 1 heterocycles. The maximum atomic E-state index is 12.8. The number of rotatable bonds is 7. The molecule has 0 aliphatic heterocycles. The van der Waals surface area contributed by atoms with Crippen LogP contribution in [0.25, 0.3) is 0 Å². The van der Waals surface area contributed by atoms with E-state index in [1.807, 2.05) is 6.08 Å². The molecule has 1 aromatic rings. The smallest absolute Gasteiger partial charge is 0.333 e. The van der Waals surface area contributed by atoms with Crippen molar-refractivity contribution in [2.75, 3.05) is 6.61 Å². The second kappa shape index (κ2) is 8.18. The largest absolute Gasteiger partial charge is 0.458 e. The van der Waals surface area contributed by atoms with Crippen molar-refractivity contribution >= 4 is 14.0 Å². The molecular formula is C18H28N2O5Si. The molecule has 0 amide bonds. The van der Waals surface area contributed by atoms with Gasteiger partial charge in [0.2, 0.25) is 0 Å².